The molecule has 4 aromatic rings. The Hall–Kier alpha value is -3.87. The Morgan fingerprint density at radius 2 is 1.69 bits per heavy atom. The summed E-state index contributed by atoms with van der Waals surface area (Å²) in [4.78, 5) is 26.1. The molecule has 1 aromatic heterocycles. The van der Waals surface area contributed by atoms with Crippen molar-refractivity contribution in [2.45, 2.75) is 45.4 Å². The van der Waals surface area contributed by atoms with E-state index in [-0.39, 0.29) is 44.6 Å². The quantitative estimate of drug-likeness (QED) is 0.235. The minimum atomic E-state index is -0.684. The molecule has 1 N–H and O–H groups in total. The van der Waals surface area contributed by atoms with Gasteiger partial charge in [0.1, 0.15) is 28.8 Å². The zero-order valence-corrected chi connectivity index (χ0v) is 21.8. The number of rotatable bonds is 8. The average Bonchev–Trinajstić information content (AvgIpc) is 3.26. The Kier molecular flexibility index (Phi) is 6.12. The van der Waals surface area contributed by atoms with Gasteiger partial charge in [0.15, 0.2) is 5.78 Å². The first kappa shape index (κ1) is 25.4. The van der Waals surface area contributed by atoms with Crippen molar-refractivity contribution in [1.82, 2.24) is 5.32 Å². The number of nitrogens with one attached hydrogen (secondary N) is 1. The fourth-order valence-electron chi connectivity index (χ4n) is 6.39. The number of Topliss-reactive ketones (excluding diaryl/α,β-unsaturated/α-hetero) is 1. The van der Waals surface area contributed by atoms with Crippen LogP contribution in [0, 0.1) is 28.8 Å². The summed E-state index contributed by atoms with van der Waals surface area (Å²) in [5, 5.41) is 2.52. The zero-order chi connectivity index (χ0) is 27.5. The standard InChI is InChI=1S/C32H28F3NO3/c1-3-4-19-12-25-27(28(31(38)36-2)30(39-25)18-5-8-21(33)9-6-18)29(35)26(19)20-7-10-23(34)22(11-20)24(37)16-32-13-17(14-32)15-32/h5-12,17H,3-4,13-16H2,1-2H3,(H,36,38). The van der Waals surface area contributed by atoms with E-state index in [1.165, 1.54) is 49.5 Å². The van der Waals surface area contributed by atoms with E-state index in [1.54, 1.807) is 6.07 Å². The molecule has 0 radical (unpaired) electrons. The molecule has 3 aromatic carbocycles. The first-order valence-electron chi connectivity index (χ1n) is 13.3. The molecule has 3 saturated carbocycles. The smallest absolute Gasteiger partial charge is 0.255 e. The molecule has 1 amide bonds. The summed E-state index contributed by atoms with van der Waals surface area (Å²) in [7, 11) is 1.43. The Bertz CT molecular complexity index is 1620. The topological polar surface area (TPSA) is 59.3 Å². The summed E-state index contributed by atoms with van der Waals surface area (Å²) in [6.07, 6.45) is 4.55. The van der Waals surface area contributed by atoms with Crippen molar-refractivity contribution in [1.29, 1.82) is 0 Å². The minimum absolute atomic E-state index is 0.0112. The highest BCUT2D eigenvalue weighted by atomic mass is 19.1. The van der Waals surface area contributed by atoms with E-state index in [0.717, 1.165) is 19.3 Å². The third kappa shape index (κ3) is 4.15. The van der Waals surface area contributed by atoms with Gasteiger partial charge in [-0.1, -0.05) is 19.4 Å². The van der Waals surface area contributed by atoms with Gasteiger partial charge in [0, 0.05) is 24.6 Å². The van der Waals surface area contributed by atoms with Gasteiger partial charge in [-0.15, -0.1) is 0 Å². The van der Waals surface area contributed by atoms with Crippen LogP contribution in [0.25, 0.3) is 33.4 Å². The molecule has 7 rings (SSSR count). The summed E-state index contributed by atoms with van der Waals surface area (Å²) < 4.78 is 51.1. The summed E-state index contributed by atoms with van der Waals surface area (Å²) >= 11 is 0. The molecule has 0 spiro atoms. The molecule has 3 aliphatic rings. The van der Waals surface area contributed by atoms with Gasteiger partial charge in [-0.05, 0) is 90.6 Å². The lowest BCUT2D eigenvalue weighted by Gasteiger charge is -2.62. The third-order valence-corrected chi connectivity index (χ3v) is 8.34. The van der Waals surface area contributed by atoms with Crippen LogP contribution in [0.15, 0.2) is 52.9 Å². The lowest BCUT2D eigenvalue weighted by Crippen LogP contribution is -2.52. The second-order valence-corrected chi connectivity index (χ2v) is 11.0. The number of benzene rings is 3. The maximum Gasteiger partial charge on any atom is 0.255 e. The van der Waals surface area contributed by atoms with E-state index < -0.39 is 23.4 Å². The first-order chi connectivity index (χ1) is 18.7. The van der Waals surface area contributed by atoms with Crippen LogP contribution in [0.3, 0.4) is 0 Å². The Morgan fingerprint density at radius 1 is 1.00 bits per heavy atom. The largest absolute Gasteiger partial charge is 0.455 e. The molecule has 0 atom stereocenters. The van der Waals surface area contributed by atoms with Crippen molar-refractivity contribution in [3.05, 3.63) is 82.7 Å². The monoisotopic (exact) mass is 531 g/mol. The predicted molar refractivity (Wildman–Crippen MR) is 143 cm³/mol. The molecule has 0 unspecified atom stereocenters. The maximum absolute atomic E-state index is 16.6. The molecule has 0 aliphatic heterocycles. The van der Waals surface area contributed by atoms with Crippen LogP contribution in [0.1, 0.15) is 65.3 Å². The van der Waals surface area contributed by atoms with Gasteiger partial charge in [-0.2, -0.15) is 0 Å². The molecule has 39 heavy (non-hydrogen) atoms. The summed E-state index contributed by atoms with van der Waals surface area (Å²) in [5.41, 5.74) is 1.76. The fourth-order valence-corrected chi connectivity index (χ4v) is 6.39. The van der Waals surface area contributed by atoms with Crippen LogP contribution in [0.5, 0.6) is 0 Å². The van der Waals surface area contributed by atoms with Gasteiger partial charge >= 0.3 is 0 Å². The average molecular weight is 532 g/mol. The normalized spacial score (nSPS) is 19.5. The number of amides is 1. The molecule has 1 heterocycles. The van der Waals surface area contributed by atoms with Crippen molar-refractivity contribution in [2.24, 2.45) is 11.3 Å². The van der Waals surface area contributed by atoms with Crippen molar-refractivity contribution in [3.63, 3.8) is 0 Å². The molecular formula is C32H28F3NO3. The highest BCUT2D eigenvalue weighted by Gasteiger charge is 2.57. The van der Waals surface area contributed by atoms with Gasteiger partial charge in [-0.3, -0.25) is 9.59 Å². The molecule has 0 saturated heterocycles. The zero-order valence-electron chi connectivity index (χ0n) is 21.8. The lowest BCUT2D eigenvalue weighted by molar-refractivity contribution is -0.103. The maximum atomic E-state index is 16.6. The second kappa shape index (κ2) is 9.40. The van der Waals surface area contributed by atoms with Crippen molar-refractivity contribution < 1.29 is 27.2 Å². The molecule has 7 heteroatoms. The summed E-state index contributed by atoms with van der Waals surface area (Å²) in [6, 6.07) is 11.2. The van der Waals surface area contributed by atoms with E-state index in [0.29, 0.717) is 41.9 Å². The molecule has 3 fully saturated rings. The Balaban J connectivity index is 1.53. The van der Waals surface area contributed by atoms with Gasteiger partial charge in [0.05, 0.1) is 16.5 Å². The number of carbonyl (C=O) groups is 2. The molecular weight excluding hydrogens is 503 g/mol. The SMILES string of the molecule is CCCc1cc2oc(-c3ccc(F)cc3)c(C(=O)NC)c2c(F)c1-c1ccc(F)c(C(=O)CC23CC(C2)C3)c1. The second-order valence-electron chi connectivity index (χ2n) is 11.0. The number of carbonyl (C=O) groups excluding carboxylic acids is 2. The number of aryl methyl sites for hydroxylation is 1. The highest BCUT2D eigenvalue weighted by molar-refractivity contribution is 6.12. The van der Waals surface area contributed by atoms with Crippen LogP contribution in [-0.2, 0) is 6.42 Å². The lowest BCUT2D eigenvalue weighted by atomic mass is 9.43. The van der Waals surface area contributed by atoms with Crippen LogP contribution >= 0.6 is 0 Å². The molecule has 200 valence electrons. The van der Waals surface area contributed by atoms with Gasteiger partial charge < -0.3 is 9.73 Å². The number of ketones is 1. The first-order valence-corrected chi connectivity index (χ1v) is 13.3. The van der Waals surface area contributed by atoms with Gasteiger partial charge in [-0.25, -0.2) is 13.2 Å². The van der Waals surface area contributed by atoms with E-state index in [4.69, 9.17) is 4.42 Å². The number of hydrogen-bond donors (Lipinski definition) is 1. The number of fused-ring (bicyclic) bond motifs is 1. The highest BCUT2D eigenvalue weighted by Crippen LogP contribution is 2.66. The molecule has 2 bridgehead atoms. The van der Waals surface area contributed by atoms with E-state index in [2.05, 4.69) is 5.32 Å². The van der Waals surface area contributed by atoms with Crippen LogP contribution in [0.2, 0.25) is 0 Å². The van der Waals surface area contributed by atoms with Crippen molar-refractivity contribution >= 4 is 22.7 Å². The minimum Gasteiger partial charge on any atom is -0.455 e. The number of furan rings is 1. The summed E-state index contributed by atoms with van der Waals surface area (Å²) in [5.74, 6) is -1.76. The Labute approximate surface area is 224 Å². The van der Waals surface area contributed by atoms with Gasteiger partial charge in [0.25, 0.3) is 5.91 Å². The van der Waals surface area contributed by atoms with Crippen molar-refractivity contribution in [3.8, 4) is 22.5 Å². The van der Waals surface area contributed by atoms with Crippen molar-refractivity contribution in [2.75, 3.05) is 7.05 Å². The van der Waals surface area contributed by atoms with Crippen LogP contribution in [0.4, 0.5) is 13.2 Å². The molecule has 3 aliphatic carbocycles. The van der Waals surface area contributed by atoms with E-state index >= 15 is 4.39 Å². The van der Waals surface area contributed by atoms with Crippen LogP contribution < -0.4 is 5.32 Å². The van der Waals surface area contributed by atoms with E-state index in [1.807, 2.05) is 6.92 Å². The van der Waals surface area contributed by atoms with Crippen LogP contribution in [-0.4, -0.2) is 18.7 Å². The summed E-state index contributed by atoms with van der Waals surface area (Å²) in [6.45, 7) is 1.96. The molecule has 4 nitrogen and oxygen atoms in total. The fraction of sp³-hybridized carbons (Fsp3) is 0.312. The Morgan fingerprint density at radius 3 is 2.31 bits per heavy atom. The predicted octanol–water partition coefficient (Wildman–Crippen LogP) is 7.87. The number of hydrogen-bond acceptors (Lipinski definition) is 3. The van der Waals surface area contributed by atoms with E-state index in [9.17, 15) is 18.4 Å². The number of halogens is 3. The third-order valence-electron chi connectivity index (χ3n) is 8.34. The van der Waals surface area contributed by atoms with Gasteiger partial charge in [0.2, 0.25) is 0 Å².